The summed E-state index contributed by atoms with van der Waals surface area (Å²) in [4.78, 5) is 18.2. The van der Waals surface area contributed by atoms with E-state index < -0.39 is 11.8 Å². The fourth-order valence-electron chi connectivity index (χ4n) is 2.72. The average Bonchev–Trinajstić information content (AvgIpc) is 2.63. The van der Waals surface area contributed by atoms with Crippen molar-refractivity contribution in [2.45, 2.75) is 18.7 Å². The molecule has 2 atom stereocenters. The summed E-state index contributed by atoms with van der Waals surface area (Å²) >= 11 is 0. The number of halogens is 1. The highest BCUT2D eigenvalue weighted by atomic mass is 19.1. The van der Waals surface area contributed by atoms with Crippen molar-refractivity contribution in [2.75, 3.05) is 6.54 Å². The zero-order chi connectivity index (χ0) is 17.9. The summed E-state index contributed by atoms with van der Waals surface area (Å²) in [5.74, 6) is -0.346. The first-order valence-corrected chi connectivity index (χ1v) is 8.12. The van der Waals surface area contributed by atoms with Crippen LogP contribution in [0.15, 0.2) is 78.9 Å². The van der Waals surface area contributed by atoms with Gasteiger partial charge < -0.3 is 0 Å². The van der Waals surface area contributed by atoms with Gasteiger partial charge in [-0.2, -0.15) is 0 Å². The van der Waals surface area contributed by atoms with Crippen LogP contribution in [-0.4, -0.2) is 23.2 Å². The lowest BCUT2D eigenvalue weighted by Gasteiger charge is -2.41. The Morgan fingerprint density at radius 1 is 1.20 bits per heavy atom. The van der Waals surface area contributed by atoms with Crippen molar-refractivity contribution in [2.24, 2.45) is 0 Å². The molecule has 1 aliphatic heterocycles. The van der Waals surface area contributed by atoms with Crippen molar-refractivity contribution < 1.29 is 14.0 Å². The van der Waals surface area contributed by atoms with Gasteiger partial charge in [-0.05, 0) is 29.7 Å². The average molecular weight is 337 g/mol. The molecule has 1 fully saturated rings. The maximum atomic E-state index is 15.1. The molecule has 4 heteroatoms. The molecule has 3 rings (SSSR count). The first-order valence-electron chi connectivity index (χ1n) is 8.12. The number of carbonyl (C=O) groups excluding carboxylic acids is 1. The molecule has 2 aromatic carbocycles. The summed E-state index contributed by atoms with van der Waals surface area (Å²) in [6.07, 6.45) is 2.21. The van der Waals surface area contributed by atoms with E-state index in [0.29, 0.717) is 11.1 Å². The fraction of sp³-hybridized carbons (Fsp3) is 0.190. The second-order valence-corrected chi connectivity index (χ2v) is 6.19. The maximum Gasteiger partial charge on any atom is 0.270 e. The van der Waals surface area contributed by atoms with Crippen molar-refractivity contribution in [3.05, 3.63) is 90.0 Å². The molecule has 0 radical (unpaired) electrons. The zero-order valence-electron chi connectivity index (χ0n) is 14.1. The molecule has 1 saturated heterocycles. The Labute approximate surface area is 147 Å². The predicted octanol–water partition coefficient (Wildman–Crippen LogP) is 4.50. The molecule has 2 aromatic rings. The maximum absolute atomic E-state index is 15.1. The first-order chi connectivity index (χ1) is 12.0. The van der Waals surface area contributed by atoms with Crippen LogP contribution in [0, 0.1) is 0 Å². The van der Waals surface area contributed by atoms with Gasteiger partial charge in [0, 0.05) is 6.08 Å². The van der Waals surface area contributed by atoms with E-state index in [-0.39, 0.29) is 12.5 Å². The van der Waals surface area contributed by atoms with E-state index in [4.69, 9.17) is 4.84 Å². The minimum Gasteiger partial charge on any atom is -0.267 e. The van der Waals surface area contributed by atoms with E-state index in [9.17, 15) is 4.79 Å². The molecule has 0 aliphatic carbocycles. The highest BCUT2D eigenvalue weighted by Crippen LogP contribution is 2.42. The highest BCUT2D eigenvalue weighted by Gasteiger charge is 2.45. The van der Waals surface area contributed by atoms with Gasteiger partial charge in [0.2, 0.25) is 0 Å². The van der Waals surface area contributed by atoms with Crippen molar-refractivity contribution in [1.82, 2.24) is 5.06 Å². The number of hydroxylamine groups is 2. The van der Waals surface area contributed by atoms with E-state index >= 15 is 4.39 Å². The number of nitrogens with zero attached hydrogens (tertiary/aromatic N) is 1. The van der Waals surface area contributed by atoms with Gasteiger partial charge in [-0.1, -0.05) is 67.2 Å². The molecule has 0 saturated carbocycles. The summed E-state index contributed by atoms with van der Waals surface area (Å²) in [5.41, 5.74) is 0.134. The zero-order valence-corrected chi connectivity index (χ0v) is 14.1. The molecule has 25 heavy (non-hydrogen) atoms. The SMILES string of the molecule is C=C1CN(C(=O)/C=C/c2ccccc2)O[C@@H](c2ccccc2)[C@]1(C)F. The quantitative estimate of drug-likeness (QED) is 0.610. The second-order valence-electron chi connectivity index (χ2n) is 6.19. The second kappa shape index (κ2) is 7.03. The molecule has 128 valence electrons. The van der Waals surface area contributed by atoms with Crippen LogP contribution in [-0.2, 0) is 9.63 Å². The third-order valence-corrected chi connectivity index (χ3v) is 4.32. The lowest BCUT2D eigenvalue weighted by Crippen LogP contribution is -2.48. The molecular weight excluding hydrogens is 317 g/mol. The Morgan fingerprint density at radius 3 is 2.44 bits per heavy atom. The van der Waals surface area contributed by atoms with Crippen LogP contribution in [0.4, 0.5) is 4.39 Å². The fourth-order valence-corrected chi connectivity index (χ4v) is 2.72. The standard InChI is InChI=1S/C21H20FNO2/c1-16-15-23(19(24)14-13-17-9-5-3-6-10-17)25-20(21(16,2)22)18-11-7-4-8-12-18/h3-14,20H,1,15H2,2H3/b14-13+/t20-,21+/m0/s1. The van der Waals surface area contributed by atoms with Crippen molar-refractivity contribution in [3.63, 3.8) is 0 Å². The van der Waals surface area contributed by atoms with Crippen LogP contribution in [0.25, 0.3) is 6.08 Å². The first kappa shape index (κ1) is 17.1. The Morgan fingerprint density at radius 2 is 1.80 bits per heavy atom. The summed E-state index contributed by atoms with van der Waals surface area (Å²) < 4.78 is 15.1. The number of amides is 1. The smallest absolute Gasteiger partial charge is 0.267 e. The van der Waals surface area contributed by atoms with Crippen LogP contribution in [0.2, 0.25) is 0 Å². The lowest BCUT2D eigenvalue weighted by atomic mass is 9.87. The minimum absolute atomic E-state index is 0.0221. The monoisotopic (exact) mass is 337 g/mol. The minimum atomic E-state index is -1.75. The number of rotatable bonds is 3. The van der Waals surface area contributed by atoms with E-state index in [1.54, 1.807) is 18.2 Å². The van der Waals surface area contributed by atoms with Gasteiger partial charge >= 0.3 is 0 Å². The molecule has 0 aromatic heterocycles. The molecular formula is C21H20FNO2. The molecule has 1 heterocycles. The summed E-state index contributed by atoms with van der Waals surface area (Å²) in [7, 11) is 0. The molecule has 0 N–H and O–H groups in total. The normalized spacial score (nSPS) is 23.8. The predicted molar refractivity (Wildman–Crippen MR) is 96.1 cm³/mol. The molecule has 1 amide bonds. The van der Waals surface area contributed by atoms with E-state index in [0.717, 1.165) is 5.56 Å². The number of benzene rings is 2. The molecule has 3 nitrogen and oxygen atoms in total. The summed E-state index contributed by atoms with van der Waals surface area (Å²) in [5, 5.41) is 1.17. The third-order valence-electron chi connectivity index (χ3n) is 4.32. The van der Waals surface area contributed by atoms with Gasteiger partial charge in [-0.25, -0.2) is 9.45 Å². The van der Waals surface area contributed by atoms with Crippen molar-refractivity contribution in [3.8, 4) is 0 Å². The van der Waals surface area contributed by atoms with Gasteiger partial charge in [-0.15, -0.1) is 0 Å². The van der Waals surface area contributed by atoms with Crippen molar-refractivity contribution in [1.29, 1.82) is 0 Å². The Balaban J connectivity index is 1.80. The van der Waals surface area contributed by atoms with E-state index in [1.807, 2.05) is 48.5 Å². The number of hydrogen-bond donors (Lipinski definition) is 0. The Kier molecular flexibility index (Phi) is 4.81. The molecule has 1 aliphatic rings. The van der Waals surface area contributed by atoms with Gasteiger partial charge in [0.05, 0.1) is 6.54 Å². The van der Waals surface area contributed by atoms with Gasteiger partial charge in [0.1, 0.15) is 6.10 Å². The molecule has 0 spiro atoms. The number of carbonyl (C=O) groups is 1. The van der Waals surface area contributed by atoms with Crippen LogP contribution < -0.4 is 0 Å². The van der Waals surface area contributed by atoms with Crippen molar-refractivity contribution >= 4 is 12.0 Å². The summed E-state index contributed by atoms with van der Waals surface area (Å²) in [6, 6.07) is 18.5. The summed E-state index contributed by atoms with van der Waals surface area (Å²) in [6.45, 7) is 5.28. The molecule has 0 bridgehead atoms. The van der Waals surface area contributed by atoms with Gasteiger partial charge in [0.25, 0.3) is 5.91 Å². The Bertz CT molecular complexity index is 784. The number of hydrogen-bond acceptors (Lipinski definition) is 2. The van der Waals surface area contributed by atoms with Crippen LogP contribution >= 0.6 is 0 Å². The Hall–Kier alpha value is -2.72. The van der Waals surface area contributed by atoms with E-state index in [2.05, 4.69) is 6.58 Å². The number of alkyl halides is 1. The van der Waals surface area contributed by atoms with Crippen LogP contribution in [0.1, 0.15) is 24.2 Å². The van der Waals surface area contributed by atoms with E-state index in [1.165, 1.54) is 18.1 Å². The molecule has 0 unspecified atom stereocenters. The van der Waals surface area contributed by atoms with Crippen LogP contribution in [0.5, 0.6) is 0 Å². The van der Waals surface area contributed by atoms with Gasteiger partial charge in [-0.3, -0.25) is 9.63 Å². The third kappa shape index (κ3) is 3.69. The van der Waals surface area contributed by atoms with Crippen LogP contribution in [0.3, 0.4) is 0 Å². The highest BCUT2D eigenvalue weighted by molar-refractivity contribution is 5.91. The lowest BCUT2D eigenvalue weighted by molar-refractivity contribution is -0.238. The largest absolute Gasteiger partial charge is 0.270 e. The van der Waals surface area contributed by atoms with Gasteiger partial charge in [0.15, 0.2) is 5.67 Å². The topological polar surface area (TPSA) is 29.5 Å².